The van der Waals surface area contributed by atoms with Gasteiger partial charge in [0.2, 0.25) is 9.84 Å². The Hall–Kier alpha value is -1.21. The van der Waals surface area contributed by atoms with Gasteiger partial charge in [-0.1, -0.05) is 12.1 Å². The maximum atomic E-state index is 12.5. The maximum absolute atomic E-state index is 12.5. The van der Waals surface area contributed by atoms with Gasteiger partial charge in [0.25, 0.3) is 0 Å². The Bertz CT molecular complexity index is 477. The number of anilines is 1. The van der Waals surface area contributed by atoms with Crippen molar-refractivity contribution in [1.82, 2.24) is 0 Å². The van der Waals surface area contributed by atoms with Crippen LogP contribution in [0, 0.1) is 0 Å². The molecule has 0 aliphatic carbocycles. The number of sulfone groups is 1. The number of hydrogen-bond acceptors (Lipinski definition) is 4. The van der Waals surface area contributed by atoms with Crippen LogP contribution >= 0.6 is 0 Å². The molecule has 1 rings (SSSR count). The maximum Gasteiger partial charge on any atom is 0.341 e. The summed E-state index contributed by atoms with van der Waals surface area (Å²) >= 11 is 0. The van der Waals surface area contributed by atoms with Gasteiger partial charge in [-0.15, -0.1) is 0 Å². The van der Waals surface area contributed by atoms with Crippen LogP contribution in [-0.4, -0.2) is 32.4 Å². The third-order valence-corrected chi connectivity index (χ3v) is 3.77. The summed E-state index contributed by atoms with van der Waals surface area (Å²) in [6, 6.07) is 5.55. The molecular weight excluding hydrogens is 264 g/mol. The van der Waals surface area contributed by atoms with Crippen LogP contribution in [0.4, 0.5) is 14.5 Å². The first kappa shape index (κ1) is 14.8. The number of halogens is 2. The van der Waals surface area contributed by atoms with Crippen LogP contribution in [0.15, 0.2) is 29.2 Å². The largest absolute Gasteiger partial charge is 0.396 e. The fraction of sp³-hybridized carbons (Fsp3) is 0.455. The van der Waals surface area contributed by atoms with E-state index in [4.69, 9.17) is 5.11 Å². The number of benzene rings is 1. The van der Waals surface area contributed by atoms with Gasteiger partial charge >= 0.3 is 5.76 Å². The lowest BCUT2D eigenvalue weighted by atomic mass is 10.3. The summed E-state index contributed by atoms with van der Waals surface area (Å²) in [5.74, 6) is -3.43. The van der Waals surface area contributed by atoms with E-state index < -0.39 is 20.5 Å². The van der Waals surface area contributed by atoms with Gasteiger partial charge in [-0.05, 0) is 25.0 Å². The van der Waals surface area contributed by atoms with Gasteiger partial charge in [0.1, 0.15) is 0 Å². The molecule has 18 heavy (non-hydrogen) atoms. The van der Waals surface area contributed by atoms with Crippen LogP contribution in [0.1, 0.15) is 12.8 Å². The zero-order chi connectivity index (χ0) is 13.6. The average Bonchev–Trinajstić information content (AvgIpc) is 2.35. The van der Waals surface area contributed by atoms with E-state index in [0.29, 0.717) is 19.4 Å². The number of alkyl halides is 2. The second-order valence-corrected chi connectivity index (χ2v) is 5.55. The Balaban J connectivity index is 2.87. The first-order valence-electron chi connectivity index (χ1n) is 5.46. The van der Waals surface area contributed by atoms with Crippen molar-refractivity contribution in [2.75, 3.05) is 18.5 Å². The highest BCUT2D eigenvalue weighted by Crippen LogP contribution is 2.25. The summed E-state index contributed by atoms with van der Waals surface area (Å²) < 4.78 is 47.8. The van der Waals surface area contributed by atoms with E-state index in [1.807, 2.05) is 0 Å². The van der Waals surface area contributed by atoms with Gasteiger partial charge in [0.05, 0.1) is 10.6 Å². The Morgan fingerprint density at radius 3 is 2.50 bits per heavy atom. The van der Waals surface area contributed by atoms with Gasteiger partial charge in [0.15, 0.2) is 0 Å². The van der Waals surface area contributed by atoms with E-state index in [9.17, 15) is 17.2 Å². The first-order valence-corrected chi connectivity index (χ1v) is 7.00. The zero-order valence-corrected chi connectivity index (χ0v) is 10.5. The summed E-state index contributed by atoms with van der Waals surface area (Å²) in [6.07, 6.45) is 1.19. The number of aliphatic hydroxyl groups is 1. The summed E-state index contributed by atoms with van der Waals surface area (Å²) in [5.41, 5.74) is 0.163. The molecule has 0 heterocycles. The van der Waals surface area contributed by atoms with Crippen LogP contribution in [0.5, 0.6) is 0 Å². The van der Waals surface area contributed by atoms with Crippen molar-refractivity contribution in [3.05, 3.63) is 24.3 Å². The molecule has 0 radical (unpaired) electrons. The molecule has 0 saturated carbocycles. The molecule has 0 saturated heterocycles. The van der Waals surface area contributed by atoms with Crippen molar-refractivity contribution >= 4 is 15.5 Å². The van der Waals surface area contributed by atoms with Crippen molar-refractivity contribution in [1.29, 1.82) is 0 Å². The Morgan fingerprint density at radius 1 is 1.22 bits per heavy atom. The Morgan fingerprint density at radius 2 is 1.89 bits per heavy atom. The predicted molar refractivity (Wildman–Crippen MR) is 64.4 cm³/mol. The molecule has 0 aromatic heterocycles. The zero-order valence-electron chi connectivity index (χ0n) is 9.64. The molecule has 0 amide bonds. The number of aliphatic hydroxyl groups excluding tert-OH is 1. The van der Waals surface area contributed by atoms with Crippen molar-refractivity contribution in [2.24, 2.45) is 0 Å². The third-order valence-electron chi connectivity index (χ3n) is 2.33. The van der Waals surface area contributed by atoms with Gasteiger partial charge in [-0.3, -0.25) is 0 Å². The molecule has 2 N–H and O–H groups in total. The molecule has 0 aliphatic rings. The molecule has 0 unspecified atom stereocenters. The average molecular weight is 279 g/mol. The van der Waals surface area contributed by atoms with Crippen LogP contribution in [0.3, 0.4) is 0 Å². The molecule has 0 fully saturated rings. The van der Waals surface area contributed by atoms with Crippen molar-refractivity contribution in [3.63, 3.8) is 0 Å². The lowest BCUT2D eigenvalue weighted by Gasteiger charge is -2.11. The molecule has 4 nitrogen and oxygen atoms in total. The highest BCUT2D eigenvalue weighted by Gasteiger charge is 2.28. The van der Waals surface area contributed by atoms with E-state index in [1.54, 1.807) is 6.07 Å². The normalized spacial score (nSPS) is 11.8. The topological polar surface area (TPSA) is 66.4 Å². The van der Waals surface area contributed by atoms with Crippen molar-refractivity contribution < 1.29 is 22.3 Å². The highest BCUT2D eigenvalue weighted by molar-refractivity contribution is 7.91. The van der Waals surface area contributed by atoms with Gasteiger partial charge in [0, 0.05) is 13.2 Å². The third kappa shape index (κ3) is 3.64. The number of para-hydroxylation sites is 1. The molecule has 0 aliphatic heterocycles. The Kier molecular flexibility index (Phi) is 5.49. The Labute approximate surface area is 105 Å². The standard InChI is InChI=1S/C11H15F2NO3S/c12-11(13)18(16,17)10-6-2-1-5-9(10)14-7-3-4-8-15/h1-2,5-6,11,14-15H,3-4,7-8H2. The van der Waals surface area contributed by atoms with Gasteiger partial charge in [-0.2, -0.15) is 8.78 Å². The van der Waals surface area contributed by atoms with E-state index in [1.165, 1.54) is 12.1 Å². The number of rotatable bonds is 7. The molecule has 0 spiro atoms. The second kappa shape index (κ2) is 6.65. The van der Waals surface area contributed by atoms with E-state index in [2.05, 4.69) is 5.32 Å². The predicted octanol–water partition coefficient (Wildman–Crippen LogP) is 1.87. The quantitative estimate of drug-likeness (QED) is 0.748. The smallest absolute Gasteiger partial charge is 0.341 e. The van der Waals surface area contributed by atoms with Crippen LogP contribution in [0.2, 0.25) is 0 Å². The molecule has 0 bridgehead atoms. The minimum atomic E-state index is -4.60. The number of nitrogens with one attached hydrogen (secondary N) is 1. The van der Waals surface area contributed by atoms with Crippen LogP contribution in [-0.2, 0) is 9.84 Å². The van der Waals surface area contributed by atoms with Gasteiger partial charge in [-0.25, -0.2) is 8.42 Å². The molecule has 0 atom stereocenters. The summed E-state index contributed by atoms with van der Waals surface area (Å²) in [6.45, 7) is 0.453. The van der Waals surface area contributed by atoms with E-state index in [0.717, 1.165) is 6.07 Å². The van der Waals surface area contributed by atoms with Gasteiger partial charge < -0.3 is 10.4 Å². The fourth-order valence-electron chi connectivity index (χ4n) is 1.42. The molecular formula is C11H15F2NO3S. The van der Waals surface area contributed by atoms with Crippen LogP contribution in [0.25, 0.3) is 0 Å². The summed E-state index contributed by atoms with van der Waals surface area (Å²) in [4.78, 5) is -0.399. The van der Waals surface area contributed by atoms with Crippen molar-refractivity contribution in [2.45, 2.75) is 23.5 Å². The lowest BCUT2D eigenvalue weighted by Crippen LogP contribution is -2.14. The first-order chi connectivity index (χ1) is 8.50. The SMILES string of the molecule is O=S(=O)(c1ccccc1NCCCCO)C(F)F. The van der Waals surface area contributed by atoms with E-state index in [-0.39, 0.29) is 12.3 Å². The molecule has 7 heteroatoms. The van der Waals surface area contributed by atoms with Crippen LogP contribution < -0.4 is 5.32 Å². The highest BCUT2D eigenvalue weighted by atomic mass is 32.2. The fourth-order valence-corrected chi connectivity index (χ4v) is 2.32. The second-order valence-electron chi connectivity index (χ2n) is 3.66. The summed E-state index contributed by atoms with van der Waals surface area (Å²) in [5, 5.41) is 11.4. The minimum absolute atomic E-state index is 0.0403. The lowest BCUT2D eigenvalue weighted by molar-refractivity contribution is 0.235. The number of hydrogen-bond donors (Lipinski definition) is 2. The van der Waals surface area contributed by atoms with E-state index >= 15 is 0 Å². The monoisotopic (exact) mass is 279 g/mol. The minimum Gasteiger partial charge on any atom is -0.396 e. The molecule has 102 valence electrons. The number of unbranched alkanes of at least 4 members (excludes halogenated alkanes) is 1. The van der Waals surface area contributed by atoms with Crippen molar-refractivity contribution in [3.8, 4) is 0 Å². The molecule has 1 aromatic rings. The summed E-state index contributed by atoms with van der Waals surface area (Å²) in [7, 11) is -4.60. The molecule has 1 aromatic carbocycles.